The molecular weight excluding hydrogens is 258 g/mol. The fourth-order valence-corrected chi connectivity index (χ4v) is 3.74. The van der Waals surface area contributed by atoms with Crippen molar-refractivity contribution in [2.24, 2.45) is 0 Å². The van der Waals surface area contributed by atoms with Crippen molar-refractivity contribution in [3.05, 3.63) is 34.9 Å². The summed E-state index contributed by atoms with van der Waals surface area (Å²) >= 11 is 5.84. The van der Waals surface area contributed by atoms with Gasteiger partial charge in [0.25, 0.3) is 0 Å². The molecule has 5 heteroatoms. The molecular formula is C12H16ClNO2S. The Hall–Kier alpha value is -0.580. The molecule has 2 rings (SSSR count). The van der Waals surface area contributed by atoms with Crippen LogP contribution in [0, 0.1) is 0 Å². The SMILES string of the molecule is CCS(=O)(=O)N1CCCC1c1ccc(Cl)cc1. The van der Waals surface area contributed by atoms with Gasteiger partial charge < -0.3 is 0 Å². The highest BCUT2D eigenvalue weighted by Gasteiger charge is 2.33. The highest BCUT2D eigenvalue weighted by molar-refractivity contribution is 7.89. The van der Waals surface area contributed by atoms with Gasteiger partial charge in [-0.15, -0.1) is 0 Å². The third kappa shape index (κ3) is 2.64. The van der Waals surface area contributed by atoms with Crippen LogP contribution in [0.25, 0.3) is 0 Å². The minimum Gasteiger partial charge on any atom is -0.212 e. The Morgan fingerprint density at radius 2 is 2.00 bits per heavy atom. The normalized spacial score (nSPS) is 21.9. The fraction of sp³-hybridized carbons (Fsp3) is 0.500. The third-order valence-corrected chi connectivity index (χ3v) is 5.31. The highest BCUT2D eigenvalue weighted by atomic mass is 35.5. The molecule has 1 atom stereocenters. The van der Waals surface area contributed by atoms with Gasteiger partial charge in [0.05, 0.1) is 5.75 Å². The van der Waals surface area contributed by atoms with E-state index in [1.165, 1.54) is 0 Å². The van der Waals surface area contributed by atoms with Crippen LogP contribution in [0.4, 0.5) is 0 Å². The average Bonchev–Trinajstić information content (AvgIpc) is 2.80. The molecule has 0 aliphatic carbocycles. The number of hydrogen-bond donors (Lipinski definition) is 0. The molecule has 1 saturated heterocycles. The van der Waals surface area contributed by atoms with E-state index >= 15 is 0 Å². The molecule has 0 N–H and O–H groups in total. The maximum absolute atomic E-state index is 12.0. The van der Waals surface area contributed by atoms with Gasteiger partial charge in [-0.2, -0.15) is 4.31 Å². The molecule has 0 radical (unpaired) electrons. The van der Waals surface area contributed by atoms with E-state index in [1.54, 1.807) is 11.2 Å². The van der Waals surface area contributed by atoms with E-state index in [2.05, 4.69) is 0 Å². The van der Waals surface area contributed by atoms with Crippen LogP contribution in [-0.4, -0.2) is 25.0 Å². The first-order chi connectivity index (χ1) is 8.04. The first-order valence-corrected chi connectivity index (χ1v) is 7.78. The van der Waals surface area contributed by atoms with Gasteiger partial charge in [0.1, 0.15) is 0 Å². The van der Waals surface area contributed by atoms with Gasteiger partial charge in [0.2, 0.25) is 10.0 Å². The summed E-state index contributed by atoms with van der Waals surface area (Å²) in [6.07, 6.45) is 1.81. The van der Waals surface area contributed by atoms with Gasteiger partial charge in [-0.3, -0.25) is 0 Å². The van der Waals surface area contributed by atoms with Crippen molar-refractivity contribution in [1.29, 1.82) is 0 Å². The molecule has 17 heavy (non-hydrogen) atoms. The number of halogens is 1. The number of benzene rings is 1. The maximum atomic E-state index is 12.0. The minimum absolute atomic E-state index is 0.0165. The maximum Gasteiger partial charge on any atom is 0.214 e. The van der Waals surface area contributed by atoms with Gasteiger partial charge in [-0.05, 0) is 37.5 Å². The summed E-state index contributed by atoms with van der Waals surface area (Å²) in [6.45, 7) is 2.32. The van der Waals surface area contributed by atoms with Crippen LogP contribution >= 0.6 is 11.6 Å². The molecule has 1 heterocycles. The van der Waals surface area contributed by atoms with Gasteiger partial charge in [-0.1, -0.05) is 23.7 Å². The molecule has 1 aromatic carbocycles. The number of hydrogen-bond acceptors (Lipinski definition) is 2. The number of rotatable bonds is 3. The van der Waals surface area contributed by atoms with Gasteiger partial charge in [0, 0.05) is 17.6 Å². The van der Waals surface area contributed by atoms with Crippen molar-refractivity contribution in [2.45, 2.75) is 25.8 Å². The molecule has 0 bridgehead atoms. The van der Waals surface area contributed by atoms with E-state index < -0.39 is 10.0 Å². The Bertz CT molecular complexity index is 484. The van der Waals surface area contributed by atoms with E-state index in [4.69, 9.17) is 11.6 Å². The summed E-state index contributed by atoms with van der Waals surface area (Å²) in [6, 6.07) is 7.43. The lowest BCUT2D eigenvalue weighted by atomic mass is 10.1. The first kappa shape index (κ1) is 12.9. The number of sulfonamides is 1. The summed E-state index contributed by atoms with van der Waals surface area (Å²) in [5.74, 6) is 0.164. The molecule has 94 valence electrons. The Kier molecular flexibility index (Phi) is 3.76. The second kappa shape index (κ2) is 4.96. The lowest BCUT2D eigenvalue weighted by Gasteiger charge is -2.23. The van der Waals surface area contributed by atoms with Gasteiger partial charge in [-0.25, -0.2) is 8.42 Å². The lowest BCUT2D eigenvalue weighted by Crippen LogP contribution is -2.31. The van der Waals surface area contributed by atoms with E-state index in [0.717, 1.165) is 18.4 Å². The summed E-state index contributed by atoms with van der Waals surface area (Å²) < 4.78 is 25.5. The summed E-state index contributed by atoms with van der Waals surface area (Å²) in [7, 11) is -3.11. The van der Waals surface area contributed by atoms with Crippen molar-refractivity contribution in [1.82, 2.24) is 4.31 Å². The average molecular weight is 274 g/mol. The largest absolute Gasteiger partial charge is 0.214 e. The third-order valence-electron chi connectivity index (χ3n) is 3.18. The molecule has 3 nitrogen and oxygen atoms in total. The zero-order chi connectivity index (χ0) is 12.5. The molecule has 1 fully saturated rings. The van der Waals surface area contributed by atoms with Crippen LogP contribution in [0.3, 0.4) is 0 Å². The molecule has 0 aromatic heterocycles. The van der Waals surface area contributed by atoms with Crippen molar-refractivity contribution in [2.75, 3.05) is 12.3 Å². The highest BCUT2D eigenvalue weighted by Crippen LogP contribution is 2.34. The van der Waals surface area contributed by atoms with Crippen molar-refractivity contribution >= 4 is 21.6 Å². The molecule has 1 aliphatic heterocycles. The predicted molar refractivity (Wildman–Crippen MR) is 69.6 cm³/mol. The van der Waals surface area contributed by atoms with Crippen LogP contribution < -0.4 is 0 Å². The van der Waals surface area contributed by atoms with Gasteiger partial charge >= 0.3 is 0 Å². The molecule has 0 spiro atoms. The summed E-state index contributed by atoms with van der Waals surface area (Å²) in [5, 5.41) is 0.677. The lowest BCUT2D eigenvalue weighted by molar-refractivity contribution is 0.397. The van der Waals surface area contributed by atoms with Crippen molar-refractivity contribution in [3.8, 4) is 0 Å². The second-order valence-electron chi connectivity index (χ2n) is 4.22. The topological polar surface area (TPSA) is 37.4 Å². The Balaban J connectivity index is 2.29. The van der Waals surface area contributed by atoms with Crippen LogP contribution in [0.1, 0.15) is 31.4 Å². The predicted octanol–water partition coefficient (Wildman–Crippen LogP) is 2.83. The molecule has 0 saturated carbocycles. The molecule has 1 aromatic rings. The van der Waals surface area contributed by atoms with Crippen LogP contribution in [0.5, 0.6) is 0 Å². The monoisotopic (exact) mass is 273 g/mol. The summed E-state index contributed by atoms with van der Waals surface area (Å²) in [5.41, 5.74) is 1.03. The second-order valence-corrected chi connectivity index (χ2v) is 6.87. The number of nitrogens with zero attached hydrogens (tertiary/aromatic N) is 1. The van der Waals surface area contributed by atoms with E-state index in [9.17, 15) is 8.42 Å². The van der Waals surface area contributed by atoms with Crippen LogP contribution in [-0.2, 0) is 10.0 Å². The van der Waals surface area contributed by atoms with Crippen LogP contribution in [0.15, 0.2) is 24.3 Å². The van der Waals surface area contributed by atoms with Crippen LogP contribution in [0.2, 0.25) is 5.02 Å². The quantitative estimate of drug-likeness (QED) is 0.849. The first-order valence-electron chi connectivity index (χ1n) is 5.79. The van der Waals surface area contributed by atoms with Gasteiger partial charge in [0.15, 0.2) is 0 Å². The molecule has 1 aliphatic rings. The molecule has 1 unspecified atom stereocenters. The zero-order valence-electron chi connectivity index (χ0n) is 9.77. The summed E-state index contributed by atoms with van der Waals surface area (Å²) in [4.78, 5) is 0. The minimum atomic E-state index is -3.11. The van der Waals surface area contributed by atoms with E-state index in [-0.39, 0.29) is 11.8 Å². The van der Waals surface area contributed by atoms with Crippen molar-refractivity contribution < 1.29 is 8.42 Å². The van der Waals surface area contributed by atoms with E-state index in [1.807, 2.05) is 24.3 Å². The smallest absolute Gasteiger partial charge is 0.212 e. The Labute approximate surface area is 107 Å². The Morgan fingerprint density at radius 3 is 2.59 bits per heavy atom. The zero-order valence-corrected chi connectivity index (χ0v) is 11.3. The fourth-order valence-electron chi connectivity index (χ4n) is 2.26. The molecule has 0 amide bonds. The Morgan fingerprint density at radius 1 is 1.35 bits per heavy atom. The van der Waals surface area contributed by atoms with E-state index in [0.29, 0.717) is 11.6 Å². The van der Waals surface area contributed by atoms with Crippen molar-refractivity contribution in [3.63, 3.8) is 0 Å². The standard InChI is InChI=1S/C12H16ClNO2S/c1-2-17(15,16)14-9-3-4-12(14)10-5-7-11(13)8-6-10/h5-8,12H,2-4,9H2,1H3.